The van der Waals surface area contributed by atoms with Crippen molar-refractivity contribution in [2.24, 2.45) is 21.6 Å². The zero-order valence-electron chi connectivity index (χ0n) is 25.4. The van der Waals surface area contributed by atoms with Crippen molar-refractivity contribution in [1.82, 2.24) is 10.2 Å². The number of rotatable bonds is 11. The number of hydrogen-bond donors (Lipinski definition) is 3. The number of benzene rings is 1. The van der Waals surface area contributed by atoms with Gasteiger partial charge in [-0.2, -0.15) is 5.10 Å². The summed E-state index contributed by atoms with van der Waals surface area (Å²) in [6.45, 7) is 10.9. The molecule has 0 amide bonds. The molecule has 1 saturated heterocycles. The Kier molecular flexibility index (Phi) is 10.3. The van der Waals surface area contributed by atoms with Gasteiger partial charge < -0.3 is 20.7 Å². The first-order valence-corrected chi connectivity index (χ1v) is 15.4. The maximum absolute atomic E-state index is 15.1. The second kappa shape index (κ2) is 13.7. The van der Waals surface area contributed by atoms with Gasteiger partial charge in [0.05, 0.1) is 19.3 Å². The number of hydrogen-bond acceptors (Lipinski definition) is 7. The number of H-pyrrole nitrogens is 1. The van der Waals surface area contributed by atoms with Crippen LogP contribution in [0.2, 0.25) is 0 Å². The second-order valence-corrected chi connectivity index (χ2v) is 11.7. The fourth-order valence-corrected chi connectivity index (χ4v) is 5.10. The highest BCUT2D eigenvalue weighted by atomic mass is 32.2. The highest BCUT2D eigenvalue weighted by Crippen LogP contribution is 2.45. The molecule has 0 radical (unpaired) electrons. The lowest BCUT2D eigenvalue weighted by atomic mass is 9.88. The Labute approximate surface area is 251 Å². The predicted octanol–water partition coefficient (Wildman–Crippen LogP) is 6.74. The topological polar surface area (TPSA) is 104 Å². The summed E-state index contributed by atoms with van der Waals surface area (Å²) in [4.78, 5) is 11.7. The number of ether oxygens (including phenoxy) is 1. The predicted molar refractivity (Wildman–Crippen MR) is 169 cm³/mol. The number of anilines is 2. The lowest BCUT2D eigenvalue weighted by Gasteiger charge is -2.25. The van der Waals surface area contributed by atoms with Gasteiger partial charge in [0.1, 0.15) is 17.3 Å². The fourth-order valence-electron chi connectivity index (χ4n) is 4.66. The van der Waals surface area contributed by atoms with Crippen molar-refractivity contribution in [1.29, 1.82) is 0 Å². The number of nitrogens with zero attached hydrogens (tertiary/aromatic N) is 4. The van der Waals surface area contributed by atoms with Crippen LogP contribution in [0.25, 0.3) is 0 Å². The summed E-state index contributed by atoms with van der Waals surface area (Å²) in [5, 5.41) is 10.8. The third kappa shape index (κ3) is 7.30. The number of aliphatic imine (C=N–C) groups is 2. The fraction of sp³-hybridized carbons (Fsp3) is 0.452. The number of amidine groups is 1. The van der Waals surface area contributed by atoms with Crippen LogP contribution < -0.4 is 16.0 Å². The summed E-state index contributed by atoms with van der Waals surface area (Å²) in [5.41, 5.74) is 11.8. The number of aryl methyl sites for hydroxylation is 1. The maximum Gasteiger partial charge on any atom is 0.153 e. The van der Waals surface area contributed by atoms with Crippen molar-refractivity contribution >= 4 is 35.3 Å². The number of aromatic amines is 1. The van der Waals surface area contributed by atoms with Gasteiger partial charge in [0.15, 0.2) is 17.5 Å². The lowest BCUT2D eigenvalue weighted by Crippen LogP contribution is -2.31. The summed E-state index contributed by atoms with van der Waals surface area (Å²) in [6, 6.07) is 4.67. The Hall–Kier alpha value is -3.44. The van der Waals surface area contributed by atoms with Gasteiger partial charge in [0.2, 0.25) is 0 Å². The van der Waals surface area contributed by atoms with Crippen LogP contribution in [0.1, 0.15) is 52.7 Å². The average Bonchev–Trinajstić information content (AvgIpc) is 3.67. The molecule has 1 aromatic heterocycles. The van der Waals surface area contributed by atoms with E-state index in [1.165, 1.54) is 28.8 Å². The van der Waals surface area contributed by atoms with Crippen LogP contribution in [-0.4, -0.2) is 54.8 Å². The van der Waals surface area contributed by atoms with Gasteiger partial charge in [-0.1, -0.05) is 12.5 Å². The van der Waals surface area contributed by atoms with Crippen LogP contribution in [0, 0.1) is 24.5 Å². The van der Waals surface area contributed by atoms with E-state index in [-0.39, 0.29) is 17.6 Å². The first kappa shape index (κ1) is 31.5. The molecule has 0 atom stereocenters. The molecule has 1 aliphatic heterocycles. The van der Waals surface area contributed by atoms with Crippen molar-refractivity contribution in [3.8, 4) is 0 Å². The first-order chi connectivity index (χ1) is 20.0. The smallest absolute Gasteiger partial charge is 0.153 e. The van der Waals surface area contributed by atoms with E-state index in [4.69, 9.17) is 20.5 Å². The summed E-state index contributed by atoms with van der Waals surface area (Å²) in [5.74, 6) is 0.462. The number of halogens is 2. The number of aromatic nitrogens is 2. The molecular formula is C31H41F2N7OS. The molecular weight excluding hydrogens is 556 g/mol. The minimum Gasteiger partial charge on any atom is -0.402 e. The Morgan fingerprint density at radius 1 is 1.21 bits per heavy atom. The molecule has 0 bridgehead atoms. The molecule has 2 aromatic rings. The second-order valence-electron chi connectivity index (χ2n) is 10.8. The third-order valence-corrected chi connectivity index (χ3v) is 8.18. The average molecular weight is 598 g/mol. The Morgan fingerprint density at radius 2 is 1.88 bits per heavy atom. The molecule has 8 nitrogen and oxygen atoms in total. The molecule has 1 aliphatic carbocycles. The Balaban J connectivity index is 1.91. The van der Waals surface area contributed by atoms with E-state index < -0.39 is 11.6 Å². The minimum atomic E-state index is -0.650. The van der Waals surface area contributed by atoms with Crippen LogP contribution >= 0.6 is 11.8 Å². The van der Waals surface area contributed by atoms with Gasteiger partial charge >= 0.3 is 0 Å². The molecule has 1 aromatic carbocycles. The third-order valence-electron chi connectivity index (χ3n) is 7.47. The summed E-state index contributed by atoms with van der Waals surface area (Å²) >= 11 is 1.28. The van der Waals surface area contributed by atoms with Crippen molar-refractivity contribution in [2.45, 2.75) is 64.8 Å². The molecule has 11 heteroatoms. The van der Waals surface area contributed by atoms with Crippen molar-refractivity contribution < 1.29 is 13.5 Å². The molecule has 226 valence electrons. The van der Waals surface area contributed by atoms with Crippen LogP contribution in [-0.2, 0) is 4.74 Å². The van der Waals surface area contributed by atoms with Crippen molar-refractivity contribution in [3.63, 3.8) is 0 Å². The first-order valence-electron chi connectivity index (χ1n) is 14.2. The van der Waals surface area contributed by atoms with Gasteiger partial charge in [0, 0.05) is 46.8 Å². The van der Waals surface area contributed by atoms with E-state index in [2.05, 4.69) is 29.4 Å². The molecule has 4 rings (SSSR count). The number of thioether (sulfide) groups is 1. The van der Waals surface area contributed by atoms with Gasteiger partial charge in [0.25, 0.3) is 0 Å². The van der Waals surface area contributed by atoms with Gasteiger partial charge in [-0.25, -0.2) is 13.8 Å². The maximum atomic E-state index is 15.1. The van der Waals surface area contributed by atoms with Gasteiger partial charge in [-0.15, -0.1) is 11.8 Å². The van der Waals surface area contributed by atoms with Crippen LogP contribution in [0.15, 0.2) is 66.9 Å². The highest BCUT2D eigenvalue weighted by molar-refractivity contribution is 7.98. The Bertz CT molecular complexity index is 1440. The van der Waals surface area contributed by atoms with Gasteiger partial charge in [-0.3, -0.25) is 10.1 Å². The molecule has 4 N–H and O–H groups in total. The Morgan fingerprint density at radius 3 is 2.36 bits per heavy atom. The lowest BCUT2D eigenvalue weighted by molar-refractivity contribution is 0.0135. The van der Waals surface area contributed by atoms with E-state index in [9.17, 15) is 0 Å². The normalized spacial score (nSPS) is 18.0. The molecule has 2 heterocycles. The van der Waals surface area contributed by atoms with E-state index in [1.54, 1.807) is 20.2 Å². The van der Waals surface area contributed by atoms with E-state index >= 15 is 8.78 Å². The van der Waals surface area contributed by atoms with Gasteiger partial charge in [-0.05, 0) is 76.8 Å². The number of nitrogens with one attached hydrogen (secondary N) is 2. The molecule has 2 fully saturated rings. The standard InChI is InChI=1S/C31H41F2N7OS/c1-8-17(2)28(24(19(4)34)14-35-22-15-41-16-22)29(21-9-10-21)31(37-27-11-18(3)38-39-27)36-20(5)40(6)30-25(32)12-23(42-7)13-26(30)33/h11-14,21-22H,8-10,15-16,34H2,1-7H3,(H2,37,38,39)/b24-19+,28-17+,31-29+,35-14?,36-20+. The monoisotopic (exact) mass is 597 g/mol. The number of allylic oxidation sites excluding steroid dienone is 5. The van der Waals surface area contributed by atoms with Crippen LogP contribution in [0.5, 0.6) is 0 Å². The van der Waals surface area contributed by atoms with Crippen molar-refractivity contribution in [3.05, 3.63) is 69.3 Å². The highest BCUT2D eigenvalue weighted by Gasteiger charge is 2.34. The van der Waals surface area contributed by atoms with Crippen LogP contribution in [0.3, 0.4) is 0 Å². The SMILES string of the molecule is CC/C(C)=C(C(\C=NC1COC1)=C(/C)N)/C(=C(\N=C(/C)N(C)c1c(F)cc(SC)cc1F)Nc1cc(C)[nH]n1)C1CC1. The van der Waals surface area contributed by atoms with Crippen molar-refractivity contribution in [2.75, 3.05) is 36.7 Å². The minimum absolute atomic E-state index is 0.108. The zero-order chi connectivity index (χ0) is 30.6. The number of nitrogens with two attached hydrogens (primary N) is 1. The summed E-state index contributed by atoms with van der Waals surface area (Å²) in [6.07, 6.45) is 6.39. The zero-order valence-corrected chi connectivity index (χ0v) is 26.3. The summed E-state index contributed by atoms with van der Waals surface area (Å²) < 4.78 is 35.5. The van der Waals surface area contributed by atoms with E-state index in [1.807, 2.05) is 26.1 Å². The quantitative estimate of drug-likeness (QED) is 0.115. The molecule has 0 unspecified atom stereocenters. The molecule has 1 saturated carbocycles. The van der Waals surface area contributed by atoms with E-state index in [0.29, 0.717) is 41.3 Å². The molecule has 0 spiro atoms. The van der Waals surface area contributed by atoms with Crippen LogP contribution in [0.4, 0.5) is 20.3 Å². The molecule has 42 heavy (non-hydrogen) atoms. The largest absolute Gasteiger partial charge is 0.402 e. The summed E-state index contributed by atoms with van der Waals surface area (Å²) in [7, 11) is 1.61. The molecule has 2 aliphatic rings. The van der Waals surface area contributed by atoms with E-state index in [0.717, 1.165) is 47.2 Å².